The molecule has 0 saturated carbocycles. The summed E-state index contributed by atoms with van der Waals surface area (Å²) >= 11 is 0. The molecule has 0 amide bonds. The molecule has 0 radical (unpaired) electrons. The largest absolute Gasteiger partial charge is 0.292 e. The van der Waals surface area contributed by atoms with Crippen molar-refractivity contribution in [2.24, 2.45) is 0 Å². The summed E-state index contributed by atoms with van der Waals surface area (Å²) in [6.07, 6.45) is 3.92. The highest BCUT2D eigenvalue weighted by Crippen LogP contribution is 2.10. The van der Waals surface area contributed by atoms with Crippen LogP contribution in [0.15, 0.2) is 6.07 Å². The van der Waals surface area contributed by atoms with Crippen LogP contribution >= 0.6 is 0 Å². The Morgan fingerprint density at radius 1 is 1.40 bits per heavy atom. The van der Waals surface area contributed by atoms with Crippen LogP contribution in [0, 0.1) is 6.92 Å². The zero-order chi connectivity index (χ0) is 11.3. The minimum atomic E-state index is 0.228. The highest BCUT2D eigenvalue weighted by atomic mass is 16.1. The fourth-order valence-corrected chi connectivity index (χ4v) is 1.67. The van der Waals surface area contributed by atoms with E-state index in [1.165, 1.54) is 0 Å². The smallest absolute Gasteiger partial charge is 0.180 e. The van der Waals surface area contributed by atoms with Crippen molar-refractivity contribution in [3.05, 3.63) is 17.5 Å². The first kappa shape index (κ1) is 12.0. The van der Waals surface area contributed by atoms with Gasteiger partial charge in [-0.25, -0.2) is 0 Å². The first-order chi connectivity index (χ1) is 7.19. The van der Waals surface area contributed by atoms with Crippen molar-refractivity contribution in [3.8, 4) is 0 Å². The number of carbonyl (C=O) groups is 1. The molecule has 84 valence electrons. The van der Waals surface area contributed by atoms with E-state index < -0.39 is 0 Å². The van der Waals surface area contributed by atoms with E-state index in [-0.39, 0.29) is 5.78 Å². The molecule has 1 heterocycles. The molecule has 0 bridgehead atoms. The van der Waals surface area contributed by atoms with Crippen LogP contribution in [0.4, 0.5) is 0 Å². The number of nitrogens with zero attached hydrogens (tertiary/aromatic N) is 2. The topological polar surface area (TPSA) is 34.9 Å². The van der Waals surface area contributed by atoms with Gasteiger partial charge >= 0.3 is 0 Å². The summed E-state index contributed by atoms with van der Waals surface area (Å²) in [7, 11) is 0. The van der Waals surface area contributed by atoms with Gasteiger partial charge in [-0.1, -0.05) is 19.8 Å². The summed E-state index contributed by atoms with van der Waals surface area (Å²) in [4.78, 5) is 11.9. The molecule has 3 nitrogen and oxygen atoms in total. The molecule has 0 aliphatic heterocycles. The quantitative estimate of drug-likeness (QED) is 0.532. The van der Waals surface area contributed by atoms with Crippen LogP contribution in [0.3, 0.4) is 0 Å². The van der Waals surface area contributed by atoms with Gasteiger partial charge in [0.15, 0.2) is 5.78 Å². The van der Waals surface area contributed by atoms with E-state index >= 15 is 0 Å². The van der Waals surface area contributed by atoms with Crippen molar-refractivity contribution in [2.45, 2.75) is 53.0 Å². The Labute approximate surface area is 91.5 Å². The molecule has 0 fully saturated rings. The highest BCUT2D eigenvalue weighted by Gasteiger charge is 2.12. The van der Waals surface area contributed by atoms with Gasteiger partial charge in [0, 0.05) is 13.0 Å². The summed E-state index contributed by atoms with van der Waals surface area (Å²) in [6.45, 7) is 6.85. The van der Waals surface area contributed by atoms with Crippen molar-refractivity contribution in [1.29, 1.82) is 0 Å². The van der Waals surface area contributed by atoms with Crippen LogP contribution in [0.1, 0.15) is 55.7 Å². The lowest BCUT2D eigenvalue weighted by Crippen LogP contribution is -2.09. The Hall–Kier alpha value is -1.12. The molecule has 3 heteroatoms. The van der Waals surface area contributed by atoms with Gasteiger partial charge in [-0.3, -0.25) is 9.48 Å². The number of carbonyl (C=O) groups excluding carboxylic acids is 1. The minimum absolute atomic E-state index is 0.228. The van der Waals surface area contributed by atoms with Crippen LogP contribution in [0.25, 0.3) is 0 Å². The van der Waals surface area contributed by atoms with E-state index in [4.69, 9.17) is 0 Å². The molecule has 0 unspecified atom stereocenters. The summed E-state index contributed by atoms with van der Waals surface area (Å²) < 4.78 is 1.80. The monoisotopic (exact) mass is 208 g/mol. The van der Waals surface area contributed by atoms with Crippen LogP contribution < -0.4 is 0 Å². The van der Waals surface area contributed by atoms with Crippen molar-refractivity contribution < 1.29 is 4.79 Å². The number of ketones is 1. The SMILES string of the molecule is CCCCCC(=O)c1cc(C)nn1CC. The molecule has 0 aromatic carbocycles. The summed E-state index contributed by atoms with van der Waals surface area (Å²) in [5, 5.41) is 4.27. The predicted molar refractivity (Wildman–Crippen MR) is 61.1 cm³/mol. The van der Waals surface area contributed by atoms with Crippen LogP contribution in [-0.4, -0.2) is 15.6 Å². The van der Waals surface area contributed by atoms with E-state index in [0.29, 0.717) is 6.42 Å². The molecular formula is C12H20N2O. The Morgan fingerprint density at radius 3 is 2.73 bits per heavy atom. The Balaban J connectivity index is 2.64. The van der Waals surface area contributed by atoms with Gasteiger partial charge in [0.05, 0.1) is 5.69 Å². The zero-order valence-electron chi connectivity index (χ0n) is 9.92. The molecule has 0 saturated heterocycles. The Morgan fingerprint density at radius 2 is 2.13 bits per heavy atom. The molecule has 1 aromatic rings. The summed E-state index contributed by atoms with van der Waals surface area (Å²) in [5.74, 6) is 0.228. The van der Waals surface area contributed by atoms with Crippen molar-refractivity contribution in [3.63, 3.8) is 0 Å². The van der Waals surface area contributed by atoms with Gasteiger partial charge in [-0.05, 0) is 26.3 Å². The third-order valence-corrected chi connectivity index (χ3v) is 2.49. The minimum Gasteiger partial charge on any atom is -0.292 e. The number of hydrogen-bond acceptors (Lipinski definition) is 2. The maximum absolute atomic E-state index is 11.9. The third kappa shape index (κ3) is 3.18. The molecule has 0 N–H and O–H groups in total. The molecule has 0 aliphatic rings. The number of unbranched alkanes of at least 4 members (excludes halogenated alkanes) is 2. The van der Waals surface area contributed by atoms with Gasteiger partial charge in [0.25, 0.3) is 0 Å². The van der Waals surface area contributed by atoms with Crippen LogP contribution in [0.2, 0.25) is 0 Å². The highest BCUT2D eigenvalue weighted by molar-refractivity contribution is 5.94. The van der Waals surface area contributed by atoms with Crippen molar-refractivity contribution >= 4 is 5.78 Å². The number of aryl methyl sites for hydroxylation is 2. The molecule has 0 aliphatic carbocycles. The van der Waals surface area contributed by atoms with E-state index in [0.717, 1.165) is 37.2 Å². The van der Waals surface area contributed by atoms with Crippen LogP contribution in [-0.2, 0) is 6.54 Å². The lowest BCUT2D eigenvalue weighted by Gasteiger charge is -2.02. The number of hydrogen-bond donors (Lipinski definition) is 0. The van der Waals surface area contributed by atoms with E-state index in [2.05, 4.69) is 12.0 Å². The maximum atomic E-state index is 11.9. The second-order valence-corrected chi connectivity index (χ2v) is 3.87. The average molecular weight is 208 g/mol. The van der Waals surface area contributed by atoms with E-state index in [1.54, 1.807) is 4.68 Å². The fourth-order valence-electron chi connectivity index (χ4n) is 1.67. The van der Waals surface area contributed by atoms with Crippen molar-refractivity contribution in [1.82, 2.24) is 9.78 Å². The molecule has 1 rings (SSSR count). The lowest BCUT2D eigenvalue weighted by atomic mass is 10.1. The van der Waals surface area contributed by atoms with Gasteiger partial charge in [0.1, 0.15) is 5.69 Å². The average Bonchev–Trinajstić information content (AvgIpc) is 2.60. The number of aromatic nitrogens is 2. The van der Waals surface area contributed by atoms with E-state index in [1.807, 2.05) is 19.9 Å². The molecular weight excluding hydrogens is 188 g/mol. The summed E-state index contributed by atoms with van der Waals surface area (Å²) in [5.41, 5.74) is 1.70. The summed E-state index contributed by atoms with van der Waals surface area (Å²) in [6, 6.07) is 1.89. The second-order valence-electron chi connectivity index (χ2n) is 3.87. The Kier molecular flexibility index (Phi) is 4.53. The normalized spacial score (nSPS) is 10.6. The van der Waals surface area contributed by atoms with E-state index in [9.17, 15) is 4.79 Å². The van der Waals surface area contributed by atoms with Gasteiger partial charge in [-0.15, -0.1) is 0 Å². The Bertz CT molecular complexity index is 328. The molecule has 0 atom stereocenters. The number of Topliss-reactive ketones (excluding diaryl/α,β-unsaturated/α-hetero) is 1. The van der Waals surface area contributed by atoms with Gasteiger partial charge in [0.2, 0.25) is 0 Å². The fraction of sp³-hybridized carbons (Fsp3) is 0.667. The second kappa shape index (κ2) is 5.69. The van der Waals surface area contributed by atoms with Crippen molar-refractivity contribution in [2.75, 3.05) is 0 Å². The van der Waals surface area contributed by atoms with Crippen LogP contribution in [0.5, 0.6) is 0 Å². The van der Waals surface area contributed by atoms with Gasteiger partial charge in [-0.2, -0.15) is 5.10 Å². The lowest BCUT2D eigenvalue weighted by molar-refractivity contribution is 0.0969. The number of rotatable bonds is 6. The molecule has 0 spiro atoms. The maximum Gasteiger partial charge on any atom is 0.180 e. The first-order valence-corrected chi connectivity index (χ1v) is 5.76. The zero-order valence-corrected chi connectivity index (χ0v) is 9.92. The third-order valence-electron chi connectivity index (χ3n) is 2.49. The molecule has 1 aromatic heterocycles. The first-order valence-electron chi connectivity index (χ1n) is 5.76. The predicted octanol–water partition coefficient (Wildman–Crippen LogP) is 2.97. The molecule has 15 heavy (non-hydrogen) atoms. The standard InChI is InChI=1S/C12H20N2O/c1-4-6-7-8-12(15)11-9-10(3)13-14(11)5-2/h9H,4-8H2,1-3H3. The van der Waals surface area contributed by atoms with Gasteiger partial charge < -0.3 is 0 Å².